The lowest BCUT2D eigenvalue weighted by molar-refractivity contribution is 0.588. The molecule has 17 heavy (non-hydrogen) atoms. The molecule has 1 aromatic rings. The maximum Gasteiger partial charge on any atom is 0.239 e. The Kier molecular flexibility index (Phi) is 3.40. The molecule has 0 saturated carbocycles. The van der Waals surface area contributed by atoms with Crippen LogP contribution in [0.5, 0.6) is 0 Å². The van der Waals surface area contributed by atoms with Gasteiger partial charge in [-0.15, -0.1) is 0 Å². The number of rotatable bonds is 3. The van der Waals surface area contributed by atoms with Gasteiger partial charge >= 0.3 is 0 Å². The fourth-order valence-electron chi connectivity index (χ4n) is 2.13. The first-order chi connectivity index (χ1) is 8.09. The van der Waals surface area contributed by atoms with Crippen LogP contribution in [0.2, 0.25) is 0 Å². The van der Waals surface area contributed by atoms with Gasteiger partial charge in [0.1, 0.15) is 0 Å². The van der Waals surface area contributed by atoms with E-state index in [9.17, 15) is 8.42 Å². The van der Waals surface area contributed by atoms with Crippen LogP contribution < -0.4 is 10.0 Å². The van der Waals surface area contributed by atoms with E-state index in [0.29, 0.717) is 13.0 Å². The van der Waals surface area contributed by atoms with E-state index < -0.39 is 15.3 Å². The monoisotopic (exact) mass is 254 g/mol. The Hall–Kier alpha value is -1.07. The van der Waals surface area contributed by atoms with E-state index in [1.165, 1.54) is 9.87 Å². The zero-order valence-corrected chi connectivity index (χ0v) is 10.8. The van der Waals surface area contributed by atoms with E-state index in [0.717, 1.165) is 12.1 Å². The van der Waals surface area contributed by atoms with Crippen molar-refractivity contribution in [3.63, 3.8) is 0 Å². The van der Waals surface area contributed by atoms with Crippen molar-refractivity contribution in [1.29, 1.82) is 0 Å². The van der Waals surface area contributed by atoms with Crippen LogP contribution >= 0.6 is 0 Å². The Morgan fingerprint density at radius 2 is 2.00 bits per heavy atom. The molecule has 1 fully saturated rings. The summed E-state index contributed by atoms with van der Waals surface area (Å²) in [5, 5.41) is -0.423. The number of hydrogen-bond donors (Lipinski definition) is 1. The van der Waals surface area contributed by atoms with Crippen molar-refractivity contribution in [2.45, 2.75) is 25.0 Å². The van der Waals surface area contributed by atoms with E-state index in [2.05, 4.69) is 6.92 Å². The lowest BCUT2D eigenvalue weighted by Crippen LogP contribution is -2.33. The lowest BCUT2D eigenvalue weighted by atomic mass is 10.1. The zero-order valence-electron chi connectivity index (χ0n) is 9.96. The molecule has 0 aromatic heterocycles. The van der Waals surface area contributed by atoms with Gasteiger partial charge in [-0.05, 0) is 30.5 Å². The third kappa shape index (κ3) is 2.17. The maximum absolute atomic E-state index is 12.1. The third-order valence-electron chi connectivity index (χ3n) is 3.28. The largest absolute Gasteiger partial charge is 0.329 e. The minimum Gasteiger partial charge on any atom is -0.329 e. The number of benzene rings is 1. The van der Waals surface area contributed by atoms with Crippen molar-refractivity contribution in [1.82, 2.24) is 0 Å². The standard InChI is InChI=1S/C12H18N2O2S/c1-2-10-3-5-11(6-4-10)14-8-7-12(9-13)17(14,15)16/h3-6,12H,2,7-9,13H2,1H3/t12-/m0/s1. The summed E-state index contributed by atoms with van der Waals surface area (Å²) >= 11 is 0. The fourth-order valence-corrected chi connectivity index (χ4v) is 3.91. The van der Waals surface area contributed by atoms with Gasteiger partial charge in [0.15, 0.2) is 0 Å². The van der Waals surface area contributed by atoms with Crippen LogP contribution in [0.3, 0.4) is 0 Å². The normalized spacial score (nSPS) is 22.9. The molecule has 1 aromatic carbocycles. The van der Waals surface area contributed by atoms with Gasteiger partial charge in [0.05, 0.1) is 10.9 Å². The van der Waals surface area contributed by atoms with Crippen LogP contribution in [0.15, 0.2) is 24.3 Å². The first-order valence-electron chi connectivity index (χ1n) is 5.90. The molecule has 2 N–H and O–H groups in total. The molecule has 1 saturated heterocycles. The predicted molar refractivity (Wildman–Crippen MR) is 69.5 cm³/mol. The number of hydrogen-bond acceptors (Lipinski definition) is 3. The highest BCUT2D eigenvalue weighted by Crippen LogP contribution is 2.28. The summed E-state index contributed by atoms with van der Waals surface area (Å²) in [6.45, 7) is 2.81. The molecule has 0 amide bonds. The SMILES string of the molecule is CCc1ccc(N2CC[C@@H](CN)S2(=O)=O)cc1. The number of anilines is 1. The Morgan fingerprint density at radius 3 is 2.47 bits per heavy atom. The summed E-state index contributed by atoms with van der Waals surface area (Å²) in [6.07, 6.45) is 1.58. The quantitative estimate of drug-likeness (QED) is 0.879. The lowest BCUT2D eigenvalue weighted by Gasteiger charge is -2.18. The first-order valence-corrected chi connectivity index (χ1v) is 7.40. The average molecular weight is 254 g/mol. The molecular weight excluding hydrogens is 236 g/mol. The highest BCUT2D eigenvalue weighted by Gasteiger charge is 2.37. The molecular formula is C12H18N2O2S. The second-order valence-corrected chi connectivity index (χ2v) is 6.42. The van der Waals surface area contributed by atoms with E-state index in [1.54, 1.807) is 0 Å². The molecule has 0 unspecified atom stereocenters. The van der Waals surface area contributed by atoms with Gasteiger partial charge in [0.25, 0.3) is 0 Å². The Balaban J connectivity index is 2.29. The average Bonchev–Trinajstić information content (AvgIpc) is 2.64. The van der Waals surface area contributed by atoms with Crippen molar-refractivity contribution in [2.24, 2.45) is 5.73 Å². The van der Waals surface area contributed by atoms with E-state index in [1.807, 2.05) is 24.3 Å². The molecule has 0 aliphatic carbocycles. The smallest absolute Gasteiger partial charge is 0.239 e. The minimum atomic E-state index is -3.24. The first kappa shape index (κ1) is 12.4. The van der Waals surface area contributed by atoms with Gasteiger partial charge in [-0.1, -0.05) is 19.1 Å². The van der Waals surface area contributed by atoms with Gasteiger partial charge < -0.3 is 5.73 Å². The minimum absolute atomic E-state index is 0.200. The highest BCUT2D eigenvalue weighted by atomic mass is 32.2. The van der Waals surface area contributed by atoms with Crippen LogP contribution in [0.4, 0.5) is 5.69 Å². The van der Waals surface area contributed by atoms with Gasteiger partial charge in [-0.25, -0.2) is 8.42 Å². The number of sulfonamides is 1. The van der Waals surface area contributed by atoms with E-state index in [-0.39, 0.29) is 6.54 Å². The molecule has 0 bridgehead atoms. The Labute approximate surface area is 102 Å². The van der Waals surface area contributed by atoms with Crippen molar-refractivity contribution >= 4 is 15.7 Å². The summed E-state index contributed by atoms with van der Waals surface area (Å²) < 4.78 is 25.7. The predicted octanol–water partition coefficient (Wildman–Crippen LogP) is 1.12. The van der Waals surface area contributed by atoms with Crippen molar-refractivity contribution in [3.8, 4) is 0 Å². The summed E-state index contributed by atoms with van der Waals surface area (Å²) in [5.74, 6) is 0. The molecule has 0 radical (unpaired) electrons. The van der Waals surface area contributed by atoms with Crippen LogP contribution in [0, 0.1) is 0 Å². The van der Waals surface area contributed by atoms with Crippen LogP contribution in [0.25, 0.3) is 0 Å². The van der Waals surface area contributed by atoms with Crippen LogP contribution in [0.1, 0.15) is 18.9 Å². The van der Waals surface area contributed by atoms with Gasteiger partial charge in [-0.3, -0.25) is 4.31 Å². The number of nitrogens with two attached hydrogens (primary N) is 1. The molecule has 1 heterocycles. The fraction of sp³-hybridized carbons (Fsp3) is 0.500. The molecule has 94 valence electrons. The summed E-state index contributed by atoms with van der Waals surface area (Å²) in [4.78, 5) is 0. The van der Waals surface area contributed by atoms with Gasteiger partial charge in [-0.2, -0.15) is 0 Å². The molecule has 5 heteroatoms. The van der Waals surface area contributed by atoms with Gasteiger partial charge in [0.2, 0.25) is 10.0 Å². The Morgan fingerprint density at radius 1 is 1.35 bits per heavy atom. The zero-order chi connectivity index (χ0) is 12.5. The van der Waals surface area contributed by atoms with E-state index >= 15 is 0 Å². The molecule has 4 nitrogen and oxygen atoms in total. The molecule has 2 rings (SSSR count). The van der Waals surface area contributed by atoms with Crippen molar-refractivity contribution in [3.05, 3.63) is 29.8 Å². The summed E-state index contributed by atoms with van der Waals surface area (Å²) in [5.41, 5.74) is 7.45. The highest BCUT2D eigenvalue weighted by molar-refractivity contribution is 7.93. The topological polar surface area (TPSA) is 63.4 Å². The maximum atomic E-state index is 12.1. The third-order valence-corrected chi connectivity index (χ3v) is 5.56. The summed E-state index contributed by atoms with van der Waals surface area (Å²) in [6, 6.07) is 7.69. The molecule has 0 spiro atoms. The van der Waals surface area contributed by atoms with Crippen LogP contribution in [-0.4, -0.2) is 26.8 Å². The summed E-state index contributed by atoms with van der Waals surface area (Å²) in [7, 11) is -3.24. The van der Waals surface area contributed by atoms with E-state index in [4.69, 9.17) is 5.73 Å². The number of nitrogens with zero attached hydrogens (tertiary/aromatic N) is 1. The second-order valence-electron chi connectivity index (χ2n) is 4.28. The molecule has 1 atom stereocenters. The van der Waals surface area contributed by atoms with Gasteiger partial charge in [0, 0.05) is 13.1 Å². The number of aryl methyl sites for hydroxylation is 1. The van der Waals surface area contributed by atoms with Crippen molar-refractivity contribution in [2.75, 3.05) is 17.4 Å². The van der Waals surface area contributed by atoms with Crippen molar-refractivity contribution < 1.29 is 8.42 Å². The van der Waals surface area contributed by atoms with Crippen LogP contribution in [-0.2, 0) is 16.4 Å². The molecule has 1 aliphatic heterocycles. The second kappa shape index (κ2) is 4.66. The molecule has 1 aliphatic rings. The Bertz CT molecular complexity index is 482.